The minimum Gasteiger partial charge on any atom is -0.491 e. The first kappa shape index (κ1) is 27.3. The van der Waals surface area contributed by atoms with Gasteiger partial charge in [0.05, 0.1) is 11.7 Å². The molecule has 1 aromatic heterocycles. The zero-order valence-corrected chi connectivity index (χ0v) is 22.0. The summed E-state index contributed by atoms with van der Waals surface area (Å²) in [5, 5.41) is 5.58. The maximum atomic E-state index is 13.5. The number of carbonyl (C=O) groups is 2. The van der Waals surface area contributed by atoms with Crippen LogP contribution in [-0.4, -0.2) is 83.7 Å². The van der Waals surface area contributed by atoms with Crippen molar-refractivity contribution in [3.63, 3.8) is 0 Å². The molecule has 0 saturated carbocycles. The predicted molar refractivity (Wildman–Crippen MR) is 138 cm³/mol. The van der Waals surface area contributed by atoms with Crippen LogP contribution in [0.3, 0.4) is 0 Å². The Labute approximate surface area is 213 Å². The van der Waals surface area contributed by atoms with Gasteiger partial charge in [0.25, 0.3) is 5.91 Å². The second-order valence-corrected chi connectivity index (χ2v) is 9.74. The standard InChI is InChI=1S/C26H38N6O4/c1-17(2)29-26(34)30-21-7-8-23-22(9-21)25(33)31(5)14-24(35-6)18(3)12-32(19(4)15-36-23)13-20-10-27-16-28-11-20/h7-11,16-19,24H,12-15H2,1-6H3,(H2,29,30,34)/t18-,19+,24-/m1/s1. The van der Waals surface area contributed by atoms with Gasteiger partial charge >= 0.3 is 6.03 Å². The molecule has 2 heterocycles. The molecule has 3 amide bonds. The number of aromatic nitrogens is 2. The van der Waals surface area contributed by atoms with Crippen molar-refractivity contribution in [3.05, 3.63) is 48.0 Å². The van der Waals surface area contributed by atoms with Gasteiger partial charge in [0.15, 0.2) is 0 Å². The molecule has 10 heteroatoms. The van der Waals surface area contributed by atoms with E-state index in [9.17, 15) is 9.59 Å². The fourth-order valence-corrected chi connectivity index (χ4v) is 4.23. The predicted octanol–water partition coefficient (Wildman–Crippen LogP) is 3.01. The average Bonchev–Trinajstić information content (AvgIpc) is 2.84. The second-order valence-electron chi connectivity index (χ2n) is 9.74. The third-order valence-electron chi connectivity index (χ3n) is 6.25. The van der Waals surface area contributed by atoms with Crippen LogP contribution in [0.5, 0.6) is 5.75 Å². The van der Waals surface area contributed by atoms with Gasteiger partial charge in [-0.05, 0) is 44.9 Å². The molecule has 0 fully saturated rings. The summed E-state index contributed by atoms with van der Waals surface area (Å²) in [4.78, 5) is 37.9. The Morgan fingerprint density at radius 3 is 2.61 bits per heavy atom. The molecule has 0 saturated heterocycles. The van der Waals surface area contributed by atoms with Crippen molar-refractivity contribution in [1.82, 2.24) is 25.1 Å². The van der Waals surface area contributed by atoms with E-state index in [4.69, 9.17) is 9.47 Å². The number of fused-ring (bicyclic) bond motifs is 1. The number of anilines is 1. The average molecular weight is 499 g/mol. The third kappa shape index (κ3) is 7.38. The molecule has 0 spiro atoms. The highest BCUT2D eigenvalue weighted by Crippen LogP contribution is 2.26. The number of likely N-dealkylation sites (N-methyl/N-ethyl adjacent to an activating group) is 1. The molecule has 10 nitrogen and oxygen atoms in total. The summed E-state index contributed by atoms with van der Waals surface area (Å²) in [5.41, 5.74) is 1.92. The van der Waals surface area contributed by atoms with Crippen molar-refractivity contribution in [2.45, 2.75) is 52.4 Å². The largest absolute Gasteiger partial charge is 0.491 e. The summed E-state index contributed by atoms with van der Waals surface area (Å²) in [7, 11) is 3.43. The Bertz CT molecular complexity index is 1020. The van der Waals surface area contributed by atoms with Crippen LogP contribution in [-0.2, 0) is 11.3 Å². The first-order valence-corrected chi connectivity index (χ1v) is 12.3. The molecule has 1 aliphatic rings. The van der Waals surface area contributed by atoms with E-state index in [0.29, 0.717) is 36.7 Å². The van der Waals surface area contributed by atoms with E-state index >= 15 is 0 Å². The van der Waals surface area contributed by atoms with Crippen molar-refractivity contribution in [1.29, 1.82) is 0 Å². The first-order chi connectivity index (χ1) is 17.2. The first-order valence-electron chi connectivity index (χ1n) is 12.3. The zero-order chi connectivity index (χ0) is 26.2. The van der Waals surface area contributed by atoms with Crippen LogP contribution >= 0.6 is 0 Å². The Morgan fingerprint density at radius 2 is 1.94 bits per heavy atom. The van der Waals surface area contributed by atoms with Crippen molar-refractivity contribution in [3.8, 4) is 5.75 Å². The number of benzene rings is 1. The summed E-state index contributed by atoms with van der Waals surface area (Å²) in [6.07, 6.45) is 5.00. The minimum absolute atomic E-state index is 0.00904. The lowest BCUT2D eigenvalue weighted by atomic mass is 10.0. The van der Waals surface area contributed by atoms with Gasteiger partial charge in [-0.3, -0.25) is 9.69 Å². The smallest absolute Gasteiger partial charge is 0.319 e. The zero-order valence-electron chi connectivity index (χ0n) is 22.0. The monoisotopic (exact) mass is 498 g/mol. The number of ether oxygens (including phenoxy) is 2. The molecule has 0 bridgehead atoms. The summed E-state index contributed by atoms with van der Waals surface area (Å²) in [6, 6.07) is 4.83. The van der Waals surface area contributed by atoms with Crippen LogP contribution in [0.15, 0.2) is 36.9 Å². The molecule has 36 heavy (non-hydrogen) atoms. The Morgan fingerprint density at radius 1 is 1.22 bits per heavy atom. The maximum absolute atomic E-state index is 13.5. The van der Waals surface area contributed by atoms with Crippen molar-refractivity contribution in [2.75, 3.05) is 39.2 Å². The fraction of sp³-hybridized carbons (Fsp3) is 0.538. The molecule has 2 aromatic rings. The summed E-state index contributed by atoms with van der Waals surface area (Å²) in [6.45, 7) is 10.2. The van der Waals surface area contributed by atoms with Gasteiger partial charge in [-0.2, -0.15) is 0 Å². The minimum atomic E-state index is -0.331. The van der Waals surface area contributed by atoms with E-state index in [-0.39, 0.29) is 36.0 Å². The van der Waals surface area contributed by atoms with Gasteiger partial charge in [-0.25, -0.2) is 14.8 Å². The number of hydrogen-bond donors (Lipinski definition) is 2. The molecular weight excluding hydrogens is 460 g/mol. The number of carbonyl (C=O) groups excluding carboxylic acids is 2. The van der Waals surface area contributed by atoms with Gasteiger partial charge in [0, 0.05) is 69.5 Å². The van der Waals surface area contributed by atoms with Gasteiger partial charge in [0.2, 0.25) is 0 Å². The van der Waals surface area contributed by atoms with Gasteiger partial charge in [-0.15, -0.1) is 0 Å². The number of methoxy groups -OCH3 is 1. The van der Waals surface area contributed by atoms with Crippen molar-refractivity contribution in [2.24, 2.45) is 5.92 Å². The van der Waals surface area contributed by atoms with Gasteiger partial charge < -0.3 is 25.0 Å². The quantitative estimate of drug-likeness (QED) is 0.652. The number of urea groups is 1. The molecule has 3 atom stereocenters. The van der Waals surface area contributed by atoms with E-state index < -0.39 is 0 Å². The van der Waals surface area contributed by atoms with Crippen molar-refractivity contribution >= 4 is 17.6 Å². The lowest BCUT2D eigenvalue weighted by molar-refractivity contribution is 0.00918. The molecule has 3 rings (SSSR count). The SMILES string of the molecule is CO[C@@H]1CN(C)C(=O)c2cc(NC(=O)NC(C)C)ccc2OC[C@H](C)N(Cc2cncnc2)C[C@H]1C. The second kappa shape index (κ2) is 12.6. The van der Waals surface area contributed by atoms with Crippen LogP contribution in [0, 0.1) is 5.92 Å². The van der Waals surface area contributed by atoms with E-state index in [2.05, 4.69) is 39.3 Å². The normalized spacial score (nSPS) is 21.7. The Kier molecular flexibility index (Phi) is 9.60. The number of nitrogens with one attached hydrogen (secondary N) is 2. The lowest BCUT2D eigenvalue weighted by Gasteiger charge is -2.36. The number of nitrogens with zero attached hydrogens (tertiary/aromatic N) is 4. The molecule has 1 aliphatic heterocycles. The Hall–Kier alpha value is -3.24. The molecule has 196 valence electrons. The molecule has 1 aromatic carbocycles. The highest BCUT2D eigenvalue weighted by Gasteiger charge is 2.28. The molecule has 0 aliphatic carbocycles. The molecule has 0 unspecified atom stereocenters. The number of amides is 3. The van der Waals surface area contributed by atoms with E-state index in [1.807, 2.05) is 26.2 Å². The molecular formula is C26H38N6O4. The van der Waals surface area contributed by atoms with Crippen LogP contribution in [0.2, 0.25) is 0 Å². The fourth-order valence-electron chi connectivity index (χ4n) is 4.23. The highest BCUT2D eigenvalue weighted by atomic mass is 16.5. The topological polar surface area (TPSA) is 109 Å². The van der Waals surface area contributed by atoms with Crippen molar-refractivity contribution < 1.29 is 19.1 Å². The molecule has 2 N–H and O–H groups in total. The number of rotatable bonds is 5. The van der Waals surface area contributed by atoms with Gasteiger partial charge in [0.1, 0.15) is 18.7 Å². The summed E-state index contributed by atoms with van der Waals surface area (Å²) >= 11 is 0. The van der Waals surface area contributed by atoms with Gasteiger partial charge in [-0.1, -0.05) is 6.92 Å². The summed E-state index contributed by atoms with van der Waals surface area (Å²) < 4.78 is 12.0. The third-order valence-corrected chi connectivity index (χ3v) is 6.25. The van der Waals surface area contributed by atoms with E-state index in [1.165, 1.54) is 6.33 Å². The summed E-state index contributed by atoms with van der Waals surface area (Å²) in [5.74, 6) is 0.418. The van der Waals surface area contributed by atoms with Crippen LogP contribution in [0.25, 0.3) is 0 Å². The Balaban J connectivity index is 1.91. The number of hydrogen-bond acceptors (Lipinski definition) is 7. The van der Waals surface area contributed by atoms with E-state index in [0.717, 1.165) is 12.1 Å². The van der Waals surface area contributed by atoms with Crippen LogP contribution in [0.1, 0.15) is 43.6 Å². The maximum Gasteiger partial charge on any atom is 0.319 e. The highest BCUT2D eigenvalue weighted by molar-refractivity contribution is 5.99. The van der Waals surface area contributed by atoms with Crippen LogP contribution in [0.4, 0.5) is 10.5 Å². The van der Waals surface area contributed by atoms with Crippen LogP contribution < -0.4 is 15.4 Å². The molecule has 0 radical (unpaired) electrons. The van der Waals surface area contributed by atoms with E-state index in [1.54, 1.807) is 37.3 Å². The lowest BCUT2D eigenvalue weighted by Crippen LogP contribution is -2.46.